The Hall–Kier alpha value is -2.41. The summed E-state index contributed by atoms with van der Waals surface area (Å²) in [6, 6.07) is 4.97. The van der Waals surface area contributed by atoms with Crippen LogP contribution in [0.4, 0.5) is 10.1 Å². The summed E-state index contributed by atoms with van der Waals surface area (Å²) < 4.78 is 26.4. The fourth-order valence-electron chi connectivity index (χ4n) is 2.82. The van der Waals surface area contributed by atoms with Gasteiger partial charge in [0.1, 0.15) is 18.5 Å². The van der Waals surface area contributed by atoms with E-state index in [4.69, 9.17) is 9.47 Å². The second kappa shape index (κ2) is 7.65. The number of nitrogens with zero attached hydrogens (tertiary/aromatic N) is 1. The van der Waals surface area contributed by atoms with E-state index in [1.165, 1.54) is 13.2 Å². The number of anilines is 1. The maximum absolute atomic E-state index is 14.3. The van der Waals surface area contributed by atoms with Crippen molar-refractivity contribution in [3.63, 3.8) is 0 Å². The summed E-state index contributed by atoms with van der Waals surface area (Å²) in [5.74, 6) is -0.516. The van der Waals surface area contributed by atoms with Gasteiger partial charge < -0.3 is 19.4 Å². The molecule has 6 nitrogen and oxygen atoms in total. The lowest BCUT2D eigenvalue weighted by atomic mass is 9.92. The Kier molecular flexibility index (Phi) is 5.79. The highest BCUT2D eigenvalue weighted by Crippen LogP contribution is 2.32. The van der Waals surface area contributed by atoms with Gasteiger partial charge in [0, 0.05) is 29.7 Å². The molecule has 1 atom stereocenters. The van der Waals surface area contributed by atoms with E-state index in [9.17, 15) is 14.0 Å². The number of hydrogen-bond acceptors (Lipinski definition) is 4. The lowest BCUT2D eigenvalue weighted by molar-refractivity contribution is -0.132. The molecule has 1 amide bonds. The van der Waals surface area contributed by atoms with Crippen LogP contribution in [-0.2, 0) is 31.0 Å². The van der Waals surface area contributed by atoms with Crippen LogP contribution >= 0.6 is 0 Å². The first-order valence-electron chi connectivity index (χ1n) is 7.93. The standard InChI is InChI=1S/C18H23FN2O4/c1-18(2,3)17-6-12-5-15(20-10-22)14(19)7-16(12)21(17)8-13(24-4)9-25-11-23/h5-7,10-11,13H,8-9H2,1-4H3,(H,20,22). The van der Waals surface area contributed by atoms with Gasteiger partial charge in [-0.15, -0.1) is 0 Å². The molecule has 25 heavy (non-hydrogen) atoms. The van der Waals surface area contributed by atoms with Gasteiger partial charge in [-0.05, 0) is 12.1 Å². The van der Waals surface area contributed by atoms with Crippen LogP contribution in [0.2, 0.25) is 0 Å². The van der Waals surface area contributed by atoms with Gasteiger partial charge in [0.15, 0.2) is 0 Å². The highest BCUT2D eigenvalue weighted by atomic mass is 19.1. The predicted octanol–water partition coefficient (Wildman–Crippen LogP) is 2.83. The number of nitrogens with one attached hydrogen (secondary N) is 1. The zero-order valence-corrected chi connectivity index (χ0v) is 14.8. The third-order valence-corrected chi connectivity index (χ3v) is 4.04. The number of benzene rings is 1. The molecule has 0 radical (unpaired) electrons. The quantitative estimate of drug-likeness (QED) is 0.743. The summed E-state index contributed by atoms with van der Waals surface area (Å²) in [5, 5.41) is 3.17. The second-order valence-electron chi connectivity index (χ2n) is 6.83. The van der Waals surface area contributed by atoms with E-state index in [2.05, 4.69) is 26.1 Å². The molecule has 2 rings (SSSR count). The summed E-state index contributed by atoms with van der Waals surface area (Å²) >= 11 is 0. The molecule has 1 aromatic heterocycles. The van der Waals surface area contributed by atoms with Gasteiger partial charge in [-0.1, -0.05) is 20.8 Å². The normalized spacial score (nSPS) is 12.8. The van der Waals surface area contributed by atoms with Crippen LogP contribution in [0.5, 0.6) is 0 Å². The predicted molar refractivity (Wildman–Crippen MR) is 93.1 cm³/mol. The van der Waals surface area contributed by atoms with Crippen LogP contribution in [0.15, 0.2) is 18.2 Å². The van der Waals surface area contributed by atoms with Gasteiger partial charge in [-0.3, -0.25) is 9.59 Å². The summed E-state index contributed by atoms with van der Waals surface area (Å²) in [6.07, 6.45) is 0.0848. The number of rotatable bonds is 8. The Bertz CT molecular complexity index is 765. The average molecular weight is 350 g/mol. The molecule has 0 aliphatic carbocycles. The van der Waals surface area contributed by atoms with Gasteiger partial charge in [0.05, 0.1) is 17.7 Å². The number of hydrogen-bond donors (Lipinski definition) is 1. The minimum absolute atomic E-state index is 0.108. The molecule has 2 aromatic rings. The van der Waals surface area contributed by atoms with Crippen molar-refractivity contribution in [2.24, 2.45) is 0 Å². The van der Waals surface area contributed by atoms with Crippen molar-refractivity contribution < 1.29 is 23.5 Å². The first-order chi connectivity index (χ1) is 11.8. The fraction of sp³-hybridized carbons (Fsp3) is 0.444. The number of aromatic nitrogens is 1. The Morgan fingerprint density at radius 2 is 2.00 bits per heavy atom. The minimum Gasteiger partial charge on any atom is -0.465 e. The van der Waals surface area contributed by atoms with E-state index in [1.54, 1.807) is 6.07 Å². The number of ether oxygens (including phenoxy) is 2. The fourth-order valence-corrected chi connectivity index (χ4v) is 2.82. The van der Waals surface area contributed by atoms with Gasteiger partial charge >= 0.3 is 0 Å². The molecule has 1 heterocycles. The van der Waals surface area contributed by atoms with Crippen molar-refractivity contribution >= 4 is 29.5 Å². The molecule has 0 fully saturated rings. The first kappa shape index (κ1) is 18.9. The van der Waals surface area contributed by atoms with Crippen LogP contribution in [0.1, 0.15) is 26.5 Å². The zero-order chi connectivity index (χ0) is 18.6. The molecular formula is C18H23FN2O4. The molecule has 1 unspecified atom stereocenters. The van der Waals surface area contributed by atoms with Crippen molar-refractivity contribution in [3.8, 4) is 0 Å². The lowest BCUT2D eigenvalue weighted by Crippen LogP contribution is -2.27. The number of halogens is 1. The van der Waals surface area contributed by atoms with Crippen molar-refractivity contribution in [2.75, 3.05) is 19.0 Å². The van der Waals surface area contributed by atoms with Crippen LogP contribution in [0, 0.1) is 5.82 Å². The number of fused-ring (bicyclic) bond motifs is 1. The minimum atomic E-state index is -0.516. The van der Waals surface area contributed by atoms with E-state index in [-0.39, 0.29) is 23.8 Å². The van der Waals surface area contributed by atoms with Crippen molar-refractivity contribution in [1.29, 1.82) is 0 Å². The van der Waals surface area contributed by atoms with Gasteiger partial charge in [0.25, 0.3) is 6.47 Å². The maximum Gasteiger partial charge on any atom is 0.293 e. The van der Waals surface area contributed by atoms with E-state index < -0.39 is 5.82 Å². The molecule has 0 saturated carbocycles. The molecule has 7 heteroatoms. The third kappa shape index (κ3) is 4.17. The van der Waals surface area contributed by atoms with Gasteiger partial charge in [-0.2, -0.15) is 0 Å². The van der Waals surface area contributed by atoms with E-state index >= 15 is 0 Å². The summed E-state index contributed by atoms with van der Waals surface area (Å²) in [5.41, 5.74) is 1.61. The van der Waals surface area contributed by atoms with E-state index in [1.807, 2.05) is 10.6 Å². The van der Waals surface area contributed by atoms with Crippen LogP contribution < -0.4 is 5.32 Å². The molecular weight excluding hydrogens is 327 g/mol. The smallest absolute Gasteiger partial charge is 0.293 e. The number of carbonyl (C=O) groups is 2. The van der Waals surface area contributed by atoms with Crippen LogP contribution in [0.3, 0.4) is 0 Å². The molecule has 0 aliphatic heterocycles. The van der Waals surface area contributed by atoms with E-state index in [0.29, 0.717) is 24.9 Å². The Morgan fingerprint density at radius 3 is 2.56 bits per heavy atom. The van der Waals surface area contributed by atoms with Crippen LogP contribution in [0.25, 0.3) is 10.9 Å². The van der Waals surface area contributed by atoms with Gasteiger partial charge in [0.2, 0.25) is 6.41 Å². The summed E-state index contributed by atoms with van der Waals surface area (Å²) in [4.78, 5) is 21.1. The Labute approximate surface area is 145 Å². The van der Waals surface area contributed by atoms with E-state index in [0.717, 1.165) is 11.1 Å². The zero-order valence-electron chi connectivity index (χ0n) is 14.8. The molecule has 1 aromatic carbocycles. The highest BCUT2D eigenvalue weighted by Gasteiger charge is 2.24. The maximum atomic E-state index is 14.3. The SMILES string of the molecule is COC(COC=O)Cn1c(C(C)(C)C)cc2cc(NC=O)c(F)cc21. The Balaban J connectivity index is 2.56. The number of methoxy groups -OCH3 is 1. The number of carbonyl (C=O) groups excluding carboxylic acids is 2. The average Bonchev–Trinajstić information content (AvgIpc) is 2.89. The third-order valence-electron chi connectivity index (χ3n) is 4.04. The Morgan fingerprint density at radius 1 is 1.28 bits per heavy atom. The second-order valence-corrected chi connectivity index (χ2v) is 6.83. The lowest BCUT2D eigenvalue weighted by Gasteiger charge is -2.24. The van der Waals surface area contributed by atoms with Crippen molar-refractivity contribution in [1.82, 2.24) is 4.57 Å². The summed E-state index contributed by atoms with van der Waals surface area (Å²) in [6.45, 7) is 7.06. The first-order valence-corrected chi connectivity index (χ1v) is 7.93. The van der Waals surface area contributed by atoms with Crippen molar-refractivity contribution in [2.45, 2.75) is 38.8 Å². The molecule has 1 N–H and O–H groups in total. The summed E-state index contributed by atoms with van der Waals surface area (Å²) in [7, 11) is 1.54. The van der Waals surface area contributed by atoms with Gasteiger partial charge in [-0.25, -0.2) is 4.39 Å². The molecule has 0 spiro atoms. The topological polar surface area (TPSA) is 69.6 Å². The molecule has 0 bridgehead atoms. The van der Waals surface area contributed by atoms with Crippen LogP contribution in [-0.4, -0.2) is 37.3 Å². The highest BCUT2D eigenvalue weighted by molar-refractivity contribution is 5.87. The molecule has 136 valence electrons. The monoisotopic (exact) mass is 350 g/mol. The molecule has 0 saturated heterocycles. The number of amides is 1. The largest absolute Gasteiger partial charge is 0.465 e. The van der Waals surface area contributed by atoms with Crippen molar-refractivity contribution in [3.05, 3.63) is 29.7 Å². The molecule has 0 aliphatic rings.